The van der Waals surface area contributed by atoms with Crippen molar-refractivity contribution in [1.29, 1.82) is 0 Å². The molecule has 0 saturated heterocycles. The lowest BCUT2D eigenvalue weighted by atomic mass is 10.2. The minimum Gasteiger partial charge on any atom is -0.397 e. The summed E-state index contributed by atoms with van der Waals surface area (Å²) in [6.45, 7) is 0.769. The fraction of sp³-hybridized carbons (Fsp3) is 0.333. The number of nitrogens with two attached hydrogens (primary N) is 1. The van der Waals surface area contributed by atoms with Crippen molar-refractivity contribution in [2.75, 3.05) is 12.3 Å². The van der Waals surface area contributed by atoms with E-state index >= 15 is 0 Å². The number of anilines is 1. The van der Waals surface area contributed by atoms with E-state index in [0.29, 0.717) is 16.5 Å². The number of nitrogens with zero attached hydrogens (tertiary/aromatic N) is 1. The van der Waals surface area contributed by atoms with E-state index in [0.717, 1.165) is 16.6 Å². The first-order valence-corrected chi connectivity index (χ1v) is 6.47. The largest absolute Gasteiger partial charge is 0.397 e. The van der Waals surface area contributed by atoms with Crippen molar-refractivity contribution in [3.05, 3.63) is 23.3 Å². The number of hydrogen-bond donors (Lipinski definition) is 2. The standard InChI is InChI=1S/C12H13N3OS/c13-10-8-3-4-14-6-9(8)17-11(10)12(16)15-5-7-1-2-7/h3-4,6-7H,1-2,5,13H2,(H,15,16). The van der Waals surface area contributed by atoms with Gasteiger partial charge in [-0.25, -0.2) is 0 Å². The Kier molecular flexibility index (Phi) is 2.48. The first kappa shape index (κ1) is 10.5. The van der Waals surface area contributed by atoms with Crippen LogP contribution in [0.15, 0.2) is 18.5 Å². The zero-order valence-electron chi connectivity index (χ0n) is 9.27. The highest BCUT2D eigenvalue weighted by molar-refractivity contribution is 7.21. The molecule has 0 atom stereocenters. The third-order valence-corrected chi connectivity index (χ3v) is 4.14. The van der Waals surface area contributed by atoms with Gasteiger partial charge in [0.05, 0.1) is 10.4 Å². The summed E-state index contributed by atoms with van der Waals surface area (Å²) in [5.41, 5.74) is 6.55. The normalized spacial score (nSPS) is 15.1. The van der Waals surface area contributed by atoms with Gasteiger partial charge in [0.15, 0.2) is 0 Å². The van der Waals surface area contributed by atoms with Crippen LogP contribution in [0.5, 0.6) is 0 Å². The molecule has 3 rings (SSSR count). The summed E-state index contributed by atoms with van der Waals surface area (Å²) < 4.78 is 0.960. The van der Waals surface area contributed by atoms with Crippen LogP contribution in [-0.2, 0) is 0 Å². The van der Waals surface area contributed by atoms with E-state index in [9.17, 15) is 4.79 Å². The van der Waals surface area contributed by atoms with Gasteiger partial charge in [-0.05, 0) is 24.8 Å². The van der Waals surface area contributed by atoms with Gasteiger partial charge >= 0.3 is 0 Å². The molecule has 1 saturated carbocycles. The maximum absolute atomic E-state index is 12.0. The number of carbonyl (C=O) groups is 1. The molecule has 2 aromatic rings. The Morgan fingerprint density at radius 2 is 2.41 bits per heavy atom. The number of hydrogen-bond acceptors (Lipinski definition) is 4. The van der Waals surface area contributed by atoms with Crippen molar-refractivity contribution in [3.63, 3.8) is 0 Å². The number of nitrogens with one attached hydrogen (secondary N) is 1. The Balaban J connectivity index is 1.87. The quantitative estimate of drug-likeness (QED) is 0.872. The predicted octanol–water partition coefficient (Wildman–Crippen LogP) is 2.02. The van der Waals surface area contributed by atoms with Gasteiger partial charge in [0.2, 0.25) is 0 Å². The van der Waals surface area contributed by atoms with Crippen molar-refractivity contribution in [2.45, 2.75) is 12.8 Å². The van der Waals surface area contributed by atoms with Gasteiger partial charge in [0.1, 0.15) is 4.88 Å². The van der Waals surface area contributed by atoms with E-state index in [-0.39, 0.29) is 5.91 Å². The molecule has 1 fully saturated rings. The van der Waals surface area contributed by atoms with Crippen molar-refractivity contribution in [2.24, 2.45) is 5.92 Å². The van der Waals surface area contributed by atoms with Crippen LogP contribution in [0.4, 0.5) is 5.69 Å². The van der Waals surface area contributed by atoms with Crippen molar-refractivity contribution < 1.29 is 4.79 Å². The molecular weight excluding hydrogens is 234 g/mol. The SMILES string of the molecule is Nc1c(C(=O)NCC2CC2)sc2cnccc12. The van der Waals surface area contributed by atoms with Gasteiger partial charge in [0.25, 0.3) is 5.91 Å². The molecule has 2 aromatic heterocycles. The van der Waals surface area contributed by atoms with Gasteiger partial charge in [-0.15, -0.1) is 11.3 Å². The van der Waals surface area contributed by atoms with Gasteiger partial charge in [-0.1, -0.05) is 0 Å². The van der Waals surface area contributed by atoms with Crippen LogP contribution in [0, 0.1) is 5.92 Å². The molecule has 0 aromatic carbocycles. The van der Waals surface area contributed by atoms with Crippen LogP contribution in [0.1, 0.15) is 22.5 Å². The molecular formula is C12H13N3OS. The van der Waals surface area contributed by atoms with Crippen LogP contribution in [0.2, 0.25) is 0 Å². The van der Waals surface area contributed by atoms with Crippen molar-refractivity contribution in [1.82, 2.24) is 10.3 Å². The Morgan fingerprint density at radius 1 is 1.59 bits per heavy atom. The summed E-state index contributed by atoms with van der Waals surface area (Å²) in [6, 6.07) is 1.85. The maximum Gasteiger partial charge on any atom is 0.263 e. The first-order chi connectivity index (χ1) is 8.25. The molecule has 1 aliphatic carbocycles. The molecule has 17 heavy (non-hydrogen) atoms. The lowest BCUT2D eigenvalue weighted by Gasteiger charge is -2.02. The van der Waals surface area contributed by atoms with Crippen molar-refractivity contribution in [3.8, 4) is 0 Å². The van der Waals surface area contributed by atoms with Crippen LogP contribution >= 0.6 is 11.3 Å². The minimum absolute atomic E-state index is 0.0596. The molecule has 0 bridgehead atoms. The summed E-state index contributed by atoms with van der Waals surface area (Å²) >= 11 is 1.40. The molecule has 0 unspecified atom stereocenters. The monoisotopic (exact) mass is 247 g/mol. The highest BCUT2D eigenvalue weighted by atomic mass is 32.1. The topological polar surface area (TPSA) is 68.0 Å². The van der Waals surface area contributed by atoms with Gasteiger partial charge in [0, 0.05) is 24.3 Å². The summed E-state index contributed by atoms with van der Waals surface area (Å²) in [7, 11) is 0. The van der Waals surface area contributed by atoms with Gasteiger partial charge in [-0.3, -0.25) is 9.78 Å². The zero-order chi connectivity index (χ0) is 11.8. The smallest absolute Gasteiger partial charge is 0.263 e. The summed E-state index contributed by atoms with van der Waals surface area (Å²) in [5.74, 6) is 0.617. The first-order valence-electron chi connectivity index (χ1n) is 5.66. The number of thiophene rings is 1. The number of aromatic nitrogens is 1. The molecule has 5 heteroatoms. The van der Waals surface area contributed by atoms with E-state index in [2.05, 4.69) is 10.3 Å². The molecule has 1 amide bonds. The maximum atomic E-state index is 12.0. The number of pyridine rings is 1. The molecule has 0 spiro atoms. The van der Waals surface area contributed by atoms with Gasteiger partial charge in [-0.2, -0.15) is 0 Å². The predicted molar refractivity (Wildman–Crippen MR) is 69.1 cm³/mol. The van der Waals surface area contributed by atoms with Crippen LogP contribution < -0.4 is 11.1 Å². The molecule has 4 nitrogen and oxygen atoms in total. The number of carbonyl (C=O) groups excluding carboxylic acids is 1. The van der Waals surface area contributed by atoms with Crippen molar-refractivity contribution >= 4 is 33.0 Å². The summed E-state index contributed by atoms with van der Waals surface area (Å²) in [6.07, 6.45) is 5.89. The van der Waals surface area contributed by atoms with Crippen LogP contribution in [-0.4, -0.2) is 17.4 Å². The molecule has 2 heterocycles. The average Bonchev–Trinajstić information content (AvgIpc) is 3.11. The second-order valence-electron chi connectivity index (χ2n) is 4.37. The Bertz CT molecular complexity index is 574. The summed E-state index contributed by atoms with van der Waals surface area (Å²) in [4.78, 5) is 16.6. The second kappa shape index (κ2) is 4.00. The number of rotatable bonds is 3. The van der Waals surface area contributed by atoms with E-state index in [1.807, 2.05) is 6.07 Å². The lowest BCUT2D eigenvalue weighted by molar-refractivity contribution is 0.0956. The number of nitrogen functional groups attached to an aromatic ring is 1. The molecule has 0 aliphatic heterocycles. The summed E-state index contributed by atoms with van der Waals surface area (Å²) in [5, 5.41) is 3.85. The highest BCUT2D eigenvalue weighted by Gasteiger charge is 2.23. The number of fused-ring (bicyclic) bond motifs is 1. The van der Waals surface area contributed by atoms with Gasteiger partial charge < -0.3 is 11.1 Å². The Labute approximate surface area is 103 Å². The third kappa shape index (κ3) is 1.98. The molecule has 0 radical (unpaired) electrons. The minimum atomic E-state index is -0.0596. The van der Waals surface area contributed by atoms with E-state index in [1.165, 1.54) is 24.2 Å². The zero-order valence-corrected chi connectivity index (χ0v) is 10.1. The van der Waals surface area contributed by atoms with E-state index in [4.69, 9.17) is 5.73 Å². The fourth-order valence-electron chi connectivity index (χ4n) is 1.78. The molecule has 3 N–H and O–H groups in total. The third-order valence-electron chi connectivity index (χ3n) is 2.99. The van der Waals surface area contributed by atoms with E-state index < -0.39 is 0 Å². The average molecular weight is 247 g/mol. The molecule has 88 valence electrons. The van der Waals surface area contributed by atoms with E-state index in [1.54, 1.807) is 12.4 Å². The fourth-order valence-corrected chi connectivity index (χ4v) is 2.79. The second-order valence-corrected chi connectivity index (χ2v) is 5.42. The van der Waals surface area contributed by atoms with Crippen LogP contribution in [0.25, 0.3) is 10.1 Å². The Hall–Kier alpha value is -1.62. The number of amides is 1. The van der Waals surface area contributed by atoms with Crippen LogP contribution in [0.3, 0.4) is 0 Å². The Morgan fingerprint density at radius 3 is 3.12 bits per heavy atom. The highest BCUT2D eigenvalue weighted by Crippen LogP contribution is 2.33. The molecule has 1 aliphatic rings. The lowest BCUT2D eigenvalue weighted by Crippen LogP contribution is -2.25.